The Balaban J connectivity index is 2.08. The van der Waals surface area contributed by atoms with Gasteiger partial charge in [-0.05, 0) is 41.3 Å². The highest BCUT2D eigenvalue weighted by Gasteiger charge is 2.16. The molecule has 2 aromatic carbocycles. The maximum absolute atomic E-state index is 5.63. The van der Waals surface area contributed by atoms with Gasteiger partial charge < -0.3 is 11.1 Å². The van der Waals surface area contributed by atoms with Crippen LogP contribution in [-0.2, 0) is 0 Å². The summed E-state index contributed by atoms with van der Waals surface area (Å²) >= 11 is 0. The molecule has 0 aliphatic rings. The molecule has 0 fully saturated rings. The molecular formula is C16H22N2. The summed E-state index contributed by atoms with van der Waals surface area (Å²) in [7, 11) is 0. The molecule has 0 aromatic heterocycles. The monoisotopic (exact) mass is 242 g/mol. The first-order valence-electron chi connectivity index (χ1n) is 6.53. The highest BCUT2D eigenvalue weighted by Crippen LogP contribution is 2.23. The number of rotatable bonds is 5. The van der Waals surface area contributed by atoms with Crippen LogP contribution in [0.15, 0.2) is 42.5 Å². The van der Waals surface area contributed by atoms with E-state index in [0.717, 1.165) is 19.5 Å². The minimum absolute atomic E-state index is 0.237. The number of benzene rings is 2. The van der Waals surface area contributed by atoms with Gasteiger partial charge in [-0.15, -0.1) is 0 Å². The zero-order valence-corrected chi connectivity index (χ0v) is 11.2. The molecular weight excluding hydrogens is 220 g/mol. The van der Waals surface area contributed by atoms with E-state index in [1.807, 2.05) is 0 Å². The second-order valence-electron chi connectivity index (χ2n) is 5.62. The molecule has 2 heteroatoms. The number of nitrogens with one attached hydrogen (secondary N) is 1. The van der Waals surface area contributed by atoms with Crippen LogP contribution in [0.1, 0.15) is 20.3 Å². The van der Waals surface area contributed by atoms with Crippen molar-refractivity contribution in [3.8, 4) is 0 Å². The summed E-state index contributed by atoms with van der Waals surface area (Å²) in [5, 5.41) is 6.07. The molecule has 0 aliphatic carbocycles. The molecule has 2 aromatic rings. The summed E-state index contributed by atoms with van der Waals surface area (Å²) in [4.78, 5) is 0. The predicted octanol–water partition coefficient (Wildman–Crippen LogP) is 3.63. The number of hydrogen-bond donors (Lipinski definition) is 2. The molecule has 18 heavy (non-hydrogen) atoms. The van der Waals surface area contributed by atoms with Gasteiger partial charge in [0.15, 0.2) is 0 Å². The van der Waals surface area contributed by atoms with Crippen LogP contribution >= 0.6 is 0 Å². The minimum atomic E-state index is 0.237. The molecule has 0 aliphatic heterocycles. The largest absolute Gasteiger partial charge is 0.384 e. The van der Waals surface area contributed by atoms with Crippen LogP contribution < -0.4 is 11.1 Å². The van der Waals surface area contributed by atoms with Gasteiger partial charge >= 0.3 is 0 Å². The summed E-state index contributed by atoms with van der Waals surface area (Å²) < 4.78 is 0. The third-order valence-electron chi connectivity index (χ3n) is 3.34. The maximum Gasteiger partial charge on any atom is 0.0346 e. The van der Waals surface area contributed by atoms with Crippen LogP contribution in [0.4, 0.5) is 5.69 Å². The Morgan fingerprint density at radius 3 is 2.50 bits per heavy atom. The van der Waals surface area contributed by atoms with Crippen molar-refractivity contribution in [1.29, 1.82) is 0 Å². The molecule has 2 rings (SSSR count). The number of nitrogens with two attached hydrogens (primary N) is 1. The zero-order valence-electron chi connectivity index (χ0n) is 11.2. The van der Waals surface area contributed by atoms with E-state index in [1.54, 1.807) is 0 Å². The molecule has 0 saturated carbocycles. The van der Waals surface area contributed by atoms with Crippen LogP contribution in [0.25, 0.3) is 10.8 Å². The van der Waals surface area contributed by atoms with Gasteiger partial charge in [-0.3, -0.25) is 0 Å². The Morgan fingerprint density at radius 2 is 1.78 bits per heavy atom. The molecule has 0 atom stereocenters. The Morgan fingerprint density at radius 1 is 1.06 bits per heavy atom. The lowest BCUT2D eigenvalue weighted by atomic mass is 9.89. The van der Waals surface area contributed by atoms with Crippen LogP contribution in [0.5, 0.6) is 0 Å². The lowest BCUT2D eigenvalue weighted by molar-refractivity contribution is 0.365. The van der Waals surface area contributed by atoms with Crippen molar-refractivity contribution in [2.24, 2.45) is 11.1 Å². The molecule has 0 bridgehead atoms. The van der Waals surface area contributed by atoms with Gasteiger partial charge in [0.25, 0.3) is 0 Å². The van der Waals surface area contributed by atoms with E-state index in [4.69, 9.17) is 5.73 Å². The Hall–Kier alpha value is -1.54. The van der Waals surface area contributed by atoms with Crippen molar-refractivity contribution in [1.82, 2.24) is 0 Å². The highest BCUT2D eigenvalue weighted by atomic mass is 14.9. The Kier molecular flexibility index (Phi) is 3.87. The second kappa shape index (κ2) is 5.40. The van der Waals surface area contributed by atoms with Crippen LogP contribution in [0, 0.1) is 5.41 Å². The smallest absolute Gasteiger partial charge is 0.0346 e. The molecule has 2 nitrogen and oxygen atoms in total. The lowest BCUT2D eigenvalue weighted by Gasteiger charge is -2.24. The van der Waals surface area contributed by atoms with E-state index >= 15 is 0 Å². The average molecular weight is 242 g/mol. The molecule has 0 unspecified atom stereocenters. The van der Waals surface area contributed by atoms with E-state index in [-0.39, 0.29) is 5.41 Å². The quantitative estimate of drug-likeness (QED) is 0.840. The Bertz CT molecular complexity index is 517. The summed E-state index contributed by atoms with van der Waals surface area (Å²) in [6, 6.07) is 14.9. The van der Waals surface area contributed by atoms with Crippen LogP contribution in [-0.4, -0.2) is 13.1 Å². The highest BCUT2D eigenvalue weighted by molar-refractivity contribution is 5.85. The number of anilines is 1. The third-order valence-corrected chi connectivity index (χ3v) is 3.34. The van der Waals surface area contributed by atoms with Gasteiger partial charge in [0.2, 0.25) is 0 Å². The topological polar surface area (TPSA) is 38.0 Å². The van der Waals surface area contributed by atoms with Crippen molar-refractivity contribution in [3.05, 3.63) is 42.5 Å². The van der Waals surface area contributed by atoms with E-state index in [9.17, 15) is 0 Å². The molecule has 96 valence electrons. The average Bonchev–Trinajstić information content (AvgIpc) is 2.36. The SMILES string of the molecule is CC(C)(CCN)CNc1ccc2ccccc2c1. The minimum Gasteiger partial charge on any atom is -0.384 e. The molecule has 0 saturated heterocycles. The van der Waals surface area contributed by atoms with Crippen molar-refractivity contribution >= 4 is 16.5 Å². The van der Waals surface area contributed by atoms with Gasteiger partial charge in [-0.2, -0.15) is 0 Å². The van der Waals surface area contributed by atoms with Gasteiger partial charge in [0, 0.05) is 12.2 Å². The van der Waals surface area contributed by atoms with Crippen LogP contribution in [0.2, 0.25) is 0 Å². The second-order valence-corrected chi connectivity index (χ2v) is 5.62. The van der Waals surface area contributed by atoms with Gasteiger partial charge in [0.05, 0.1) is 0 Å². The predicted molar refractivity (Wildman–Crippen MR) is 79.9 cm³/mol. The first-order valence-corrected chi connectivity index (χ1v) is 6.53. The maximum atomic E-state index is 5.63. The molecule has 0 radical (unpaired) electrons. The fourth-order valence-corrected chi connectivity index (χ4v) is 2.12. The summed E-state index contributed by atoms with van der Waals surface area (Å²) in [5.41, 5.74) is 7.05. The molecule has 0 spiro atoms. The number of fused-ring (bicyclic) bond motifs is 1. The Labute approximate surface area is 109 Å². The number of hydrogen-bond acceptors (Lipinski definition) is 2. The van der Waals surface area contributed by atoms with E-state index in [2.05, 4.69) is 61.6 Å². The van der Waals surface area contributed by atoms with Crippen molar-refractivity contribution in [2.75, 3.05) is 18.4 Å². The van der Waals surface area contributed by atoms with E-state index in [0.29, 0.717) is 0 Å². The van der Waals surface area contributed by atoms with E-state index < -0.39 is 0 Å². The third kappa shape index (κ3) is 3.23. The van der Waals surface area contributed by atoms with Crippen LogP contribution in [0.3, 0.4) is 0 Å². The normalized spacial score (nSPS) is 11.7. The summed E-state index contributed by atoms with van der Waals surface area (Å²) in [6.07, 6.45) is 1.04. The standard InChI is InChI=1S/C16H22N2/c1-16(2,9-10-17)12-18-15-8-7-13-5-3-4-6-14(13)11-15/h3-8,11,18H,9-10,12,17H2,1-2H3. The lowest BCUT2D eigenvalue weighted by Crippen LogP contribution is -2.26. The molecule has 3 N–H and O–H groups in total. The zero-order chi connectivity index (χ0) is 13.0. The fourth-order valence-electron chi connectivity index (χ4n) is 2.12. The summed E-state index contributed by atoms with van der Waals surface area (Å²) in [5.74, 6) is 0. The first kappa shape index (κ1) is 12.9. The van der Waals surface area contributed by atoms with Gasteiger partial charge in [0.1, 0.15) is 0 Å². The van der Waals surface area contributed by atoms with E-state index in [1.165, 1.54) is 16.5 Å². The summed E-state index contributed by atoms with van der Waals surface area (Å²) in [6.45, 7) is 6.18. The first-order chi connectivity index (χ1) is 8.61. The fraction of sp³-hybridized carbons (Fsp3) is 0.375. The van der Waals surface area contributed by atoms with Gasteiger partial charge in [-0.1, -0.05) is 44.2 Å². The van der Waals surface area contributed by atoms with Crippen molar-refractivity contribution in [3.63, 3.8) is 0 Å². The molecule has 0 heterocycles. The van der Waals surface area contributed by atoms with Crippen molar-refractivity contribution in [2.45, 2.75) is 20.3 Å². The molecule has 0 amide bonds. The van der Waals surface area contributed by atoms with Gasteiger partial charge in [-0.25, -0.2) is 0 Å². The van der Waals surface area contributed by atoms with Crippen molar-refractivity contribution < 1.29 is 0 Å².